The quantitative estimate of drug-likeness (QED) is 0.542. The van der Waals surface area contributed by atoms with Crippen molar-refractivity contribution in [1.82, 2.24) is 10.1 Å². The van der Waals surface area contributed by atoms with Gasteiger partial charge in [0, 0.05) is 5.56 Å². The molecule has 1 N–H and O–H groups in total. The van der Waals surface area contributed by atoms with Crippen LogP contribution in [0.4, 0.5) is 0 Å². The minimum absolute atomic E-state index is 0.158. The zero-order valence-electron chi connectivity index (χ0n) is 14.5. The monoisotopic (exact) mass is 360 g/mol. The Hall–Kier alpha value is -3.67. The second kappa shape index (κ2) is 6.92. The summed E-state index contributed by atoms with van der Waals surface area (Å²) in [7, 11) is 0. The minimum Gasteiger partial charge on any atom is -0.505 e. The maximum absolute atomic E-state index is 12.0. The van der Waals surface area contributed by atoms with E-state index in [0.29, 0.717) is 16.7 Å². The van der Waals surface area contributed by atoms with Gasteiger partial charge in [-0.25, -0.2) is 9.78 Å². The highest BCUT2D eigenvalue weighted by Crippen LogP contribution is 2.36. The van der Waals surface area contributed by atoms with Crippen LogP contribution >= 0.6 is 0 Å². The number of aromatic nitrogens is 2. The fourth-order valence-corrected chi connectivity index (χ4v) is 2.92. The molecule has 4 aromatic rings. The molecule has 0 unspecified atom stereocenters. The second-order valence-electron chi connectivity index (χ2n) is 5.89. The van der Waals surface area contributed by atoms with Crippen LogP contribution in [0, 0.1) is 0 Å². The van der Waals surface area contributed by atoms with E-state index >= 15 is 0 Å². The van der Waals surface area contributed by atoms with Gasteiger partial charge in [0.15, 0.2) is 17.0 Å². The second-order valence-corrected chi connectivity index (χ2v) is 5.89. The number of carbonyl (C=O) groups excluding carboxylic acids is 1. The molecule has 0 aliphatic rings. The molecule has 0 spiro atoms. The predicted octanol–water partition coefficient (Wildman–Crippen LogP) is 4.44. The summed E-state index contributed by atoms with van der Waals surface area (Å²) < 4.78 is 10.2. The number of hydrogen-bond acceptors (Lipinski definition) is 6. The Morgan fingerprint density at radius 2 is 1.70 bits per heavy atom. The number of benzene rings is 2. The molecule has 2 aromatic carbocycles. The summed E-state index contributed by atoms with van der Waals surface area (Å²) in [6.07, 6.45) is 1.36. The van der Waals surface area contributed by atoms with Crippen LogP contribution in [0.25, 0.3) is 33.4 Å². The van der Waals surface area contributed by atoms with E-state index in [0.717, 1.165) is 16.7 Å². The van der Waals surface area contributed by atoms with Gasteiger partial charge in [0.05, 0.1) is 18.2 Å². The smallest absolute Gasteiger partial charge is 0.360 e. The largest absolute Gasteiger partial charge is 0.505 e. The fourth-order valence-electron chi connectivity index (χ4n) is 2.92. The number of hydrogen-bond donors (Lipinski definition) is 1. The first-order valence-corrected chi connectivity index (χ1v) is 8.49. The molecule has 2 aromatic heterocycles. The van der Waals surface area contributed by atoms with Gasteiger partial charge in [0.25, 0.3) is 0 Å². The number of rotatable bonds is 4. The van der Waals surface area contributed by atoms with E-state index in [2.05, 4.69) is 10.1 Å². The molecule has 6 heteroatoms. The summed E-state index contributed by atoms with van der Waals surface area (Å²) in [5.41, 5.74) is 3.49. The molecule has 0 fully saturated rings. The SMILES string of the molecule is CCOC(=O)c1ncc2onc(-c3ccc(-c4ccccc4)cc3)c2c1O. The molecule has 0 saturated heterocycles. The van der Waals surface area contributed by atoms with Gasteiger partial charge in [-0.05, 0) is 18.1 Å². The molecule has 0 amide bonds. The van der Waals surface area contributed by atoms with Crippen molar-refractivity contribution in [2.75, 3.05) is 6.61 Å². The van der Waals surface area contributed by atoms with Gasteiger partial charge >= 0.3 is 5.97 Å². The van der Waals surface area contributed by atoms with Crippen molar-refractivity contribution in [3.05, 3.63) is 66.5 Å². The van der Waals surface area contributed by atoms with Crippen molar-refractivity contribution in [2.45, 2.75) is 6.92 Å². The maximum Gasteiger partial charge on any atom is 0.360 e. The summed E-state index contributed by atoms with van der Waals surface area (Å²) in [6.45, 7) is 1.88. The molecular formula is C21H16N2O4. The number of carbonyl (C=O) groups is 1. The van der Waals surface area contributed by atoms with E-state index in [1.165, 1.54) is 6.20 Å². The number of ether oxygens (including phenoxy) is 1. The van der Waals surface area contributed by atoms with E-state index in [4.69, 9.17) is 9.26 Å². The van der Waals surface area contributed by atoms with Gasteiger partial charge in [-0.1, -0.05) is 59.8 Å². The topological polar surface area (TPSA) is 85.5 Å². The lowest BCUT2D eigenvalue weighted by atomic mass is 10.0. The van der Waals surface area contributed by atoms with E-state index in [1.54, 1.807) is 6.92 Å². The molecule has 4 rings (SSSR count). The number of aromatic hydroxyl groups is 1. The van der Waals surface area contributed by atoms with Gasteiger partial charge in [0.2, 0.25) is 0 Å². The van der Waals surface area contributed by atoms with Crippen LogP contribution in [0.15, 0.2) is 65.3 Å². The summed E-state index contributed by atoms with van der Waals surface area (Å²) in [6, 6.07) is 17.7. The van der Waals surface area contributed by atoms with Crippen molar-refractivity contribution in [1.29, 1.82) is 0 Å². The van der Waals surface area contributed by atoms with Crippen LogP contribution in [0.2, 0.25) is 0 Å². The van der Waals surface area contributed by atoms with Crippen LogP contribution in [0.1, 0.15) is 17.4 Å². The summed E-state index contributed by atoms with van der Waals surface area (Å²) in [5.74, 6) is -0.988. The number of esters is 1. The Morgan fingerprint density at radius 3 is 2.41 bits per heavy atom. The first-order chi connectivity index (χ1) is 13.2. The maximum atomic E-state index is 12.0. The zero-order chi connectivity index (χ0) is 18.8. The van der Waals surface area contributed by atoms with Crippen molar-refractivity contribution in [2.24, 2.45) is 0 Å². The average Bonchev–Trinajstić information content (AvgIpc) is 3.14. The van der Waals surface area contributed by atoms with Crippen LogP contribution in [0.3, 0.4) is 0 Å². The van der Waals surface area contributed by atoms with E-state index in [-0.39, 0.29) is 18.1 Å². The van der Waals surface area contributed by atoms with Crippen LogP contribution < -0.4 is 0 Å². The molecule has 2 heterocycles. The number of nitrogens with zero attached hydrogens (tertiary/aromatic N) is 2. The van der Waals surface area contributed by atoms with Crippen molar-refractivity contribution >= 4 is 16.9 Å². The highest BCUT2D eigenvalue weighted by Gasteiger charge is 2.22. The molecule has 27 heavy (non-hydrogen) atoms. The van der Waals surface area contributed by atoms with Gasteiger partial charge in [-0.3, -0.25) is 0 Å². The normalized spacial score (nSPS) is 10.9. The Labute approximate surface area is 155 Å². The van der Waals surface area contributed by atoms with E-state index in [9.17, 15) is 9.90 Å². The third-order valence-electron chi connectivity index (χ3n) is 4.22. The average molecular weight is 360 g/mol. The van der Waals surface area contributed by atoms with Gasteiger partial charge < -0.3 is 14.4 Å². The van der Waals surface area contributed by atoms with Crippen LogP contribution in [-0.2, 0) is 4.74 Å². The molecule has 0 saturated carbocycles. The fraction of sp³-hybridized carbons (Fsp3) is 0.0952. The molecule has 0 aliphatic heterocycles. The lowest BCUT2D eigenvalue weighted by Crippen LogP contribution is -2.07. The molecule has 0 bridgehead atoms. The molecule has 134 valence electrons. The van der Waals surface area contributed by atoms with Crippen molar-refractivity contribution < 1.29 is 19.2 Å². The van der Waals surface area contributed by atoms with E-state index < -0.39 is 5.97 Å². The minimum atomic E-state index is -0.691. The standard InChI is InChI=1S/C21H16N2O4/c1-2-26-21(25)19-20(24)17-16(12-22-19)27-23-18(17)15-10-8-14(9-11-15)13-6-4-3-5-7-13/h3-12,24H,2H2,1H3. The predicted molar refractivity (Wildman–Crippen MR) is 100 cm³/mol. The molecule has 6 nitrogen and oxygen atoms in total. The first-order valence-electron chi connectivity index (χ1n) is 8.49. The van der Waals surface area contributed by atoms with Gasteiger partial charge in [-0.15, -0.1) is 0 Å². The lowest BCUT2D eigenvalue weighted by Gasteiger charge is -2.05. The number of pyridine rings is 1. The molecule has 0 atom stereocenters. The van der Waals surface area contributed by atoms with Crippen molar-refractivity contribution in [3.63, 3.8) is 0 Å². The Balaban J connectivity index is 1.78. The van der Waals surface area contributed by atoms with Gasteiger partial charge in [-0.2, -0.15) is 0 Å². The summed E-state index contributed by atoms with van der Waals surface area (Å²) in [5, 5.41) is 14.9. The number of fused-ring (bicyclic) bond motifs is 1. The third-order valence-corrected chi connectivity index (χ3v) is 4.22. The van der Waals surface area contributed by atoms with Gasteiger partial charge in [0.1, 0.15) is 5.69 Å². The summed E-state index contributed by atoms with van der Waals surface area (Å²) in [4.78, 5) is 15.9. The molecular weight excluding hydrogens is 344 g/mol. The zero-order valence-corrected chi connectivity index (χ0v) is 14.5. The lowest BCUT2D eigenvalue weighted by molar-refractivity contribution is 0.0516. The third kappa shape index (κ3) is 3.01. The molecule has 0 aliphatic carbocycles. The van der Waals surface area contributed by atoms with E-state index in [1.807, 2.05) is 54.6 Å². The Kier molecular flexibility index (Phi) is 4.30. The highest BCUT2D eigenvalue weighted by atomic mass is 16.5. The summed E-state index contributed by atoms with van der Waals surface area (Å²) >= 11 is 0. The van der Waals surface area contributed by atoms with Crippen LogP contribution in [0.5, 0.6) is 5.75 Å². The first kappa shape index (κ1) is 16.8. The Morgan fingerprint density at radius 1 is 1.04 bits per heavy atom. The molecule has 0 radical (unpaired) electrons. The van der Waals surface area contributed by atoms with Crippen molar-refractivity contribution in [3.8, 4) is 28.1 Å². The Bertz CT molecular complexity index is 1100. The van der Waals surface area contributed by atoms with Crippen LogP contribution in [-0.4, -0.2) is 27.8 Å². The highest BCUT2D eigenvalue weighted by molar-refractivity contribution is 6.02.